The number of halogens is 1. The Balaban J connectivity index is 1.67. The molecule has 0 unspecified atom stereocenters. The van der Waals surface area contributed by atoms with E-state index in [-0.39, 0.29) is 17.6 Å². The number of hydrogen-bond donors (Lipinski definition) is 1. The number of hydrogen-bond acceptors (Lipinski definition) is 4. The Labute approximate surface area is 172 Å². The number of aromatic nitrogens is 2. The van der Waals surface area contributed by atoms with Crippen molar-refractivity contribution in [1.82, 2.24) is 24.9 Å². The Morgan fingerprint density at radius 1 is 1.21 bits per heavy atom. The van der Waals surface area contributed by atoms with Gasteiger partial charge in [0, 0.05) is 36.9 Å². The van der Waals surface area contributed by atoms with Crippen LogP contribution in [0.2, 0.25) is 0 Å². The highest BCUT2D eigenvalue weighted by Crippen LogP contribution is 2.21. The quantitative estimate of drug-likeness (QED) is 0.837. The second kappa shape index (κ2) is 9.05. The van der Waals surface area contributed by atoms with Crippen molar-refractivity contribution in [3.05, 3.63) is 47.0 Å². The molecular weight excluding hydrogens is 369 g/mol. The maximum atomic E-state index is 13.2. The van der Waals surface area contributed by atoms with Crippen LogP contribution in [0.4, 0.5) is 4.39 Å². The van der Waals surface area contributed by atoms with Gasteiger partial charge in [0.2, 0.25) is 5.91 Å². The predicted octanol–water partition coefficient (Wildman–Crippen LogP) is 2.52. The lowest BCUT2D eigenvalue weighted by Crippen LogP contribution is -2.39. The zero-order valence-electron chi connectivity index (χ0n) is 18.1. The number of rotatable bonds is 5. The lowest BCUT2D eigenvalue weighted by molar-refractivity contribution is -0.125. The van der Waals surface area contributed by atoms with E-state index in [4.69, 9.17) is 0 Å². The normalized spacial score (nSPS) is 20.7. The molecule has 2 atom stereocenters. The fraction of sp³-hybridized carbons (Fsp3) is 0.545. The van der Waals surface area contributed by atoms with Crippen molar-refractivity contribution in [1.29, 1.82) is 0 Å². The molecule has 29 heavy (non-hydrogen) atoms. The molecule has 0 radical (unpaired) electrons. The molecule has 7 heteroatoms. The number of carbonyl (C=O) groups excluding carboxylic acids is 1. The predicted molar refractivity (Wildman–Crippen MR) is 113 cm³/mol. The van der Waals surface area contributed by atoms with Crippen molar-refractivity contribution < 1.29 is 9.18 Å². The van der Waals surface area contributed by atoms with Gasteiger partial charge in [-0.05, 0) is 72.1 Å². The second-order valence-electron chi connectivity index (χ2n) is 8.37. The van der Waals surface area contributed by atoms with Gasteiger partial charge in [-0.25, -0.2) is 9.07 Å². The molecule has 1 aliphatic heterocycles. The third-order valence-electron chi connectivity index (χ3n) is 5.96. The highest BCUT2D eigenvalue weighted by atomic mass is 19.1. The molecule has 1 fully saturated rings. The largest absolute Gasteiger partial charge is 0.352 e. The summed E-state index contributed by atoms with van der Waals surface area (Å²) in [5.74, 6) is -0.171. The Bertz CT molecular complexity index is 846. The third-order valence-corrected chi connectivity index (χ3v) is 5.96. The Hall–Kier alpha value is -2.25. The lowest BCUT2D eigenvalue weighted by atomic mass is 10.0. The smallest absolute Gasteiger partial charge is 0.224 e. The van der Waals surface area contributed by atoms with Gasteiger partial charge < -0.3 is 15.1 Å². The minimum Gasteiger partial charge on any atom is -0.352 e. The van der Waals surface area contributed by atoms with Gasteiger partial charge in [0.15, 0.2) is 0 Å². The van der Waals surface area contributed by atoms with Crippen LogP contribution in [-0.2, 0) is 11.3 Å². The number of carbonyl (C=O) groups is 1. The molecule has 1 N–H and O–H groups in total. The summed E-state index contributed by atoms with van der Waals surface area (Å²) >= 11 is 0. The number of nitrogens with one attached hydrogen (secondary N) is 1. The van der Waals surface area contributed by atoms with E-state index in [1.165, 1.54) is 12.1 Å². The summed E-state index contributed by atoms with van der Waals surface area (Å²) in [4.78, 5) is 17.4. The van der Waals surface area contributed by atoms with Crippen LogP contribution >= 0.6 is 0 Å². The van der Waals surface area contributed by atoms with Gasteiger partial charge in [-0.2, -0.15) is 5.10 Å². The molecule has 1 aliphatic rings. The van der Waals surface area contributed by atoms with E-state index in [0.717, 1.165) is 48.6 Å². The van der Waals surface area contributed by atoms with Crippen LogP contribution in [0.15, 0.2) is 24.3 Å². The minimum absolute atomic E-state index is 0.00212. The Morgan fingerprint density at radius 2 is 1.90 bits per heavy atom. The van der Waals surface area contributed by atoms with Gasteiger partial charge in [-0.1, -0.05) is 0 Å². The first-order valence-electron chi connectivity index (χ1n) is 10.2. The monoisotopic (exact) mass is 401 g/mol. The zero-order chi connectivity index (χ0) is 21.1. The Kier molecular flexibility index (Phi) is 6.70. The topological polar surface area (TPSA) is 53.4 Å². The summed E-state index contributed by atoms with van der Waals surface area (Å²) < 4.78 is 15.0. The molecule has 2 heterocycles. The van der Waals surface area contributed by atoms with Crippen molar-refractivity contribution in [2.24, 2.45) is 5.92 Å². The molecule has 3 rings (SSSR count). The average molecular weight is 402 g/mol. The van der Waals surface area contributed by atoms with Crippen LogP contribution in [0.1, 0.15) is 29.8 Å². The first-order chi connectivity index (χ1) is 13.8. The van der Waals surface area contributed by atoms with Crippen LogP contribution in [-0.4, -0.2) is 65.8 Å². The van der Waals surface area contributed by atoms with Crippen LogP contribution in [0.3, 0.4) is 0 Å². The Morgan fingerprint density at radius 3 is 2.55 bits per heavy atom. The summed E-state index contributed by atoms with van der Waals surface area (Å²) in [7, 11) is 6.29. The molecule has 2 aromatic rings. The second-order valence-corrected chi connectivity index (χ2v) is 8.37. The molecule has 1 aromatic heterocycles. The standard InChI is InChI=1S/C22H32FN5O/c1-15-21(16(2)28(25-15)19-10-7-18(23)8-11-19)12-24-22(29)17-6-9-20(26(3)4)14-27(5)13-17/h7-8,10-11,17,20H,6,9,12-14H2,1-5H3,(H,24,29)/t17-,20+/m1/s1. The van der Waals surface area contributed by atoms with E-state index < -0.39 is 0 Å². The molecule has 0 saturated carbocycles. The number of benzene rings is 1. The SMILES string of the molecule is Cc1nn(-c2ccc(F)cc2)c(C)c1CNC(=O)[C@@H]1CC[C@H](N(C)C)CN(C)C1. The maximum Gasteiger partial charge on any atom is 0.224 e. The minimum atomic E-state index is -0.271. The third kappa shape index (κ3) is 5.03. The van der Waals surface area contributed by atoms with Crippen LogP contribution in [0.25, 0.3) is 5.69 Å². The molecule has 0 bridgehead atoms. The average Bonchev–Trinajstić information content (AvgIpc) is 2.83. The molecule has 6 nitrogen and oxygen atoms in total. The van der Waals surface area contributed by atoms with E-state index in [9.17, 15) is 9.18 Å². The molecular formula is C22H32FN5O. The molecule has 1 amide bonds. The summed E-state index contributed by atoms with van der Waals surface area (Å²) in [6, 6.07) is 6.75. The first kappa shape index (κ1) is 21.5. The maximum absolute atomic E-state index is 13.2. The van der Waals surface area contributed by atoms with Gasteiger partial charge in [0.25, 0.3) is 0 Å². The number of amides is 1. The first-order valence-corrected chi connectivity index (χ1v) is 10.2. The van der Waals surface area contributed by atoms with Crippen LogP contribution in [0, 0.1) is 25.6 Å². The van der Waals surface area contributed by atoms with Gasteiger partial charge in [0.05, 0.1) is 17.3 Å². The van der Waals surface area contributed by atoms with E-state index in [1.54, 1.807) is 16.8 Å². The van der Waals surface area contributed by atoms with E-state index in [2.05, 4.69) is 41.4 Å². The molecule has 0 aliphatic carbocycles. The summed E-state index contributed by atoms with van der Waals surface area (Å²) in [6.07, 6.45) is 1.92. The summed E-state index contributed by atoms with van der Waals surface area (Å²) in [5, 5.41) is 7.71. The van der Waals surface area contributed by atoms with E-state index in [0.29, 0.717) is 12.6 Å². The van der Waals surface area contributed by atoms with Crippen molar-refractivity contribution >= 4 is 5.91 Å². The highest BCUT2D eigenvalue weighted by molar-refractivity contribution is 5.79. The summed E-state index contributed by atoms with van der Waals surface area (Å²) in [5.41, 5.74) is 3.65. The lowest BCUT2D eigenvalue weighted by Gasteiger charge is -2.25. The number of likely N-dealkylation sites (N-methyl/N-ethyl adjacent to an activating group) is 2. The number of aryl methyl sites for hydroxylation is 1. The molecule has 0 spiro atoms. The highest BCUT2D eigenvalue weighted by Gasteiger charge is 2.27. The van der Waals surface area contributed by atoms with Gasteiger partial charge in [0.1, 0.15) is 5.82 Å². The number of nitrogens with zero attached hydrogens (tertiary/aromatic N) is 4. The van der Waals surface area contributed by atoms with Crippen LogP contribution in [0.5, 0.6) is 0 Å². The molecule has 1 aromatic carbocycles. The van der Waals surface area contributed by atoms with E-state index in [1.807, 2.05) is 13.8 Å². The number of likely N-dealkylation sites (tertiary alicyclic amines) is 1. The van der Waals surface area contributed by atoms with Gasteiger partial charge >= 0.3 is 0 Å². The van der Waals surface area contributed by atoms with Gasteiger partial charge in [-0.15, -0.1) is 0 Å². The zero-order valence-corrected chi connectivity index (χ0v) is 18.1. The molecule has 158 valence electrons. The van der Waals surface area contributed by atoms with Crippen molar-refractivity contribution in [3.8, 4) is 5.69 Å². The van der Waals surface area contributed by atoms with E-state index >= 15 is 0 Å². The van der Waals surface area contributed by atoms with Crippen molar-refractivity contribution in [3.63, 3.8) is 0 Å². The van der Waals surface area contributed by atoms with Crippen molar-refractivity contribution in [2.45, 2.75) is 39.3 Å². The fourth-order valence-corrected chi connectivity index (χ4v) is 4.11. The van der Waals surface area contributed by atoms with Gasteiger partial charge in [-0.3, -0.25) is 4.79 Å². The van der Waals surface area contributed by atoms with Crippen molar-refractivity contribution in [2.75, 3.05) is 34.2 Å². The fourth-order valence-electron chi connectivity index (χ4n) is 4.11. The molecule has 1 saturated heterocycles. The van der Waals surface area contributed by atoms with Crippen LogP contribution < -0.4 is 5.32 Å². The summed E-state index contributed by atoms with van der Waals surface area (Å²) in [6.45, 7) is 6.14.